The summed E-state index contributed by atoms with van der Waals surface area (Å²) in [6, 6.07) is 5.90. The van der Waals surface area contributed by atoms with Gasteiger partial charge in [0, 0.05) is 49.6 Å². The third-order valence-corrected chi connectivity index (χ3v) is 5.29. The van der Waals surface area contributed by atoms with Crippen molar-refractivity contribution in [2.45, 2.75) is 39.0 Å². The maximum atomic E-state index is 9.32. The van der Waals surface area contributed by atoms with E-state index in [4.69, 9.17) is 9.97 Å². The molecule has 1 aliphatic heterocycles. The molecule has 2 aromatic rings. The van der Waals surface area contributed by atoms with Gasteiger partial charge in [0.15, 0.2) is 0 Å². The molecule has 2 aromatic heterocycles. The minimum Gasteiger partial charge on any atom is -0.353 e. The molecule has 0 amide bonds. The molecule has 1 aliphatic carbocycles. The lowest BCUT2D eigenvalue weighted by atomic mass is 10.1. The Hall–Kier alpha value is -2.68. The van der Waals surface area contributed by atoms with Gasteiger partial charge in [0.25, 0.3) is 0 Å². The van der Waals surface area contributed by atoms with Gasteiger partial charge in [-0.05, 0) is 38.3 Å². The average Bonchev–Trinajstić information content (AvgIpc) is 3.53. The number of pyridine rings is 1. The minimum atomic E-state index is 0.561. The van der Waals surface area contributed by atoms with Gasteiger partial charge in [-0.15, -0.1) is 0 Å². The largest absolute Gasteiger partial charge is 0.353 e. The fourth-order valence-electron chi connectivity index (χ4n) is 3.67. The van der Waals surface area contributed by atoms with Crippen LogP contribution in [0.25, 0.3) is 0 Å². The highest BCUT2D eigenvalue weighted by Gasteiger charge is 2.30. The molecule has 0 radical (unpaired) electrons. The van der Waals surface area contributed by atoms with Crippen molar-refractivity contribution < 1.29 is 0 Å². The molecule has 0 aromatic carbocycles. The third kappa shape index (κ3) is 3.10. The van der Waals surface area contributed by atoms with Crippen LogP contribution in [0.4, 0.5) is 11.6 Å². The first-order valence-corrected chi connectivity index (χ1v) is 9.43. The molecule has 26 heavy (non-hydrogen) atoms. The summed E-state index contributed by atoms with van der Waals surface area (Å²) in [4.78, 5) is 18.7. The predicted molar refractivity (Wildman–Crippen MR) is 102 cm³/mol. The number of rotatable bonds is 4. The highest BCUT2D eigenvalue weighted by molar-refractivity contribution is 5.56. The highest BCUT2D eigenvalue weighted by Crippen LogP contribution is 2.39. The van der Waals surface area contributed by atoms with Crippen molar-refractivity contribution in [3.63, 3.8) is 0 Å². The summed E-state index contributed by atoms with van der Waals surface area (Å²) < 4.78 is 0. The number of nitriles is 1. The van der Waals surface area contributed by atoms with Crippen molar-refractivity contribution in [3.8, 4) is 6.07 Å². The minimum absolute atomic E-state index is 0.561. The van der Waals surface area contributed by atoms with Crippen LogP contribution in [0, 0.1) is 18.3 Å². The standard InChI is InChI=1S/C20H24N6/c1-3-17-14(2)23-18(15-6-7-15)24-20(17)26-11-9-25(10-12-26)19-16(13-21)5-4-8-22-19/h4-5,8,15H,3,6-7,9-12H2,1-2H3. The molecule has 6 heteroatoms. The Kier molecular flexibility index (Phi) is 4.46. The molecule has 2 aliphatic rings. The molecule has 0 spiro atoms. The SMILES string of the molecule is CCc1c(C)nc(C2CC2)nc1N1CCN(c2ncccc2C#N)CC1. The molecule has 0 N–H and O–H groups in total. The van der Waals surface area contributed by atoms with Crippen LogP contribution in [0.15, 0.2) is 18.3 Å². The van der Waals surface area contributed by atoms with Gasteiger partial charge in [-0.2, -0.15) is 5.26 Å². The normalized spacial score (nSPS) is 17.3. The van der Waals surface area contributed by atoms with E-state index in [-0.39, 0.29) is 0 Å². The zero-order valence-corrected chi connectivity index (χ0v) is 15.4. The summed E-state index contributed by atoms with van der Waals surface area (Å²) in [5, 5.41) is 9.32. The quantitative estimate of drug-likeness (QED) is 0.846. The van der Waals surface area contributed by atoms with Crippen LogP contribution in [-0.4, -0.2) is 41.1 Å². The predicted octanol–water partition coefficient (Wildman–Crippen LogP) is 2.82. The number of aromatic nitrogens is 3. The number of hydrogen-bond acceptors (Lipinski definition) is 6. The molecule has 3 heterocycles. The Bertz CT molecular complexity index is 844. The van der Waals surface area contributed by atoms with E-state index in [1.54, 1.807) is 6.20 Å². The summed E-state index contributed by atoms with van der Waals surface area (Å²) in [5.74, 6) is 3.49. The first-order chi connectivity index (χ1) is 12.7. The van der Waals surface area contributed by atoms with Crippen molar-refractivity contribution in [2.24, 2.45) is 0 Å². The summed E-state index contributed by atoms with van der Waals surface area (Å²) in [6.45, 7) is 7.74. The maximum absolute atomic E-state index is 9.32. The van der Waals surface area contributed by atoms with Crippen LogP contribution < -0.4 is 9.80 Å². The lowest BCUT2D eigenvalue weighted by Gasteiger charge is -2.37. The van der Waals surface area contributed by atoms with E-state index in [9.17, 15) is 5.26 Å². The zero-order valence-electron chi connectivity index (χ0n) is 15.4. The van der Waals surface area contributed by atoms with Gasteiger partial charge in [0.2, 0.25) is 0 Å². The van der Waals surface area contributed by atoms with Gasteiger partial charge in [-0.3, -0.25) is 0 Å². The fraction of sp³-hybridized carbons (Fsp3) is 0.500. The van der Waals surface area contributed by atoms with Crippen molar-refractivity contribution in [2.75, 3.05) is 36.0 Å². The molecule has 2 fully saturated rings. The smallest absolute Gasteiger partial charge is 0.146 e. The summed E-state index contributed by atoms with van der Waals surface area (Å²) in [7, 11) is 0. The lowest BCUT2D eigenvalue weighted by molar-refractivity contribution is 0.634. The van der Waals surface area contributed by atoms with Gasteiger partial charge < -0.3 is 9.80 Å². The van der Waals surface area contributed by atoms with Gasteiger partial charge in [-0.25, -0.2) is 15.0 Å². The Morgan fingerprint density at radius 3 is 2.42 bits per heavy atom. The van der Waals surface area contributed by atoms with Crippen LogP contribution in [0.5, 0.6) is 0 Å². The fourth-order valence-corrected chi connectivity index (χ4v) is 3.67. The van der Waals surface area contributed by atoms with E-state index in [0.717, 1.165) is 55.8 Å². The second-order valence-corrected chi connectivity index (χ2v) is 7.06. The van der Waals surface area contributed by atoms with Crippen LogP contribution in [0.2, 0.25) is 0 Å². The Morgan fingerprint density at radius 1 is 1.12 bits per heavy atom. The van der Waals surface area contributed by atoms with Crippen molar-refractivity contribution in [1.82, 2.24) is 15.0 Å². The van der Waals surface area contributed by atoms with E-state index in [0.29, 0.717) is 11.5 Å². The topological polar surface area (TPSA) is 68.9 Å². The van der Waals surface area contributed by atoms with Gasteiger partial charge in [-0.1, -0.05) is 6.92 Å². The van der Waals surface area contributed by atoms with Crippen LogP contribution >= 0.6 is 0 Å². The van der Waals surface area contributed by atoms with Gasteiger partial charge in [0.1, 0.15) is 23.5 Å². The van der Waals surface area contributed by atoms with Crippen molar-refractivity contribution in [3.05, 3.63) is 41.0 Å². The molecule has 0 unspecified atom stereocenters. The Morgan fingerprint density at radius 2 is 1.81 bits per heavy atom. The van der Waals surface area contributed by atoms with E-state index < -0.39 is 0 Å². The Balaban J connectivity index is 1.56. The number of aryl methyl sites for hydroxylation is 1. The van der Waals surface area contributed by atoms with Crippen molar-refractivity contribution in [1.29, 1.82) is 5.26 Å². The third-order valence-electron chi connectivity index (χ3n) is 5.29. The first kappa shape index (κ1) is 16.8. The number of anilines is 2. The van der Waals surface area contributed by atoms with Crippen LogP contribution in [0.1, 0.15) is 48.3 Å². The average molecular weight is 348 g/mol. The van der Waals surface area contributed by atoms with Crippen molar-refractivity contribution >= 4 is 11.6 Å². The van der Waals surface area contributed by atoms with Gasteiger partial charge in [0.05, 0.1) is 5.56 Å². The molecule has 134 valence electrons. The molecular weight excluding hydrogens is 324 g/mol. The molecular formula is C20H24N6. The first-order valence-electron chi connectivity index (χ1n) is 9.43. The number of piperazine rings is 1. The molecule has 0 bridgehead atoms. The zero-order chi connectivity index (χ0) is 18.1. The second-order valence-electron chi connectivity index (χ2n) is 7.06. The van der Waals surface area contributed by atoms with E-state index in [1.807, 2.05) is 12.1 Å². The number of hydrogen-bond donors (Lipinski definition) is 0. The molecule has 0 atom stereocenters. The summed E-state index contributed by atoms with van der Waals surface area (Å²) in [6.07, 6.45) is 5.14. The highest BCUT2D eigenvalue weighted by atomic mass is 15.3. The summed E-state index contributed by atoms with van der Waals surface area (Å²) in [5.41, 5.74) is 3.03. The van der Waals surface area contributed by atoms with Crippen LogP contribution in [-0.2, 0) is 6.42 Å². The maximum Gasteiger partial charge on any atom is 0.146 e. The molecule has 1 saturated carbocycles. The molecule has 6 nitrogen and oxygen atoms in total. The van der Waals surface area contributed by atoms with E-state index in [1.165, 1.54) is 18.4 Å². The van der Waals surface area contributed by atoms with Gasteiger partial charge >= 0.3 is 0 Å². The van der Waals surface area contributed by atoms with Crippen LogP contribution in [0.3, 0.4) is 0 Å². The second kappa shape index (κ2) is 6.91. The molecule has 4 rings (SSSR count). The lowest BCUT2D eigenvalue weighted by Crippen LogP contribution is -2.47. The summed E-state index contributed by atoms with van der Waals surface area (Å²) >= 11 is 0. The van der Waals surface area contributed by atoms with E-state index >= 15 is 0 Å². The number of nitrogens with zero attached hydrogens (tertiary/aromatic N) is 6. The molecule has 1 saturated heterocycles. The Labute approximate surface area is 154 Å². The van der Waals surface area contributed by atoms with E-state index in [2.05, 4.69) is 34.7 Å². The monoisotopic (exact) mass is 348 g/mol.